The minimum Gasteiger partial charge on any atom is -0.351 e. The third-order valence-corrected chi connectivity index (χ3v) is 3.69. The number of rotatable bonds is 6. The first-order chi connectivity index (χ1) is 7.72. The van der Waals surface area contributed by atoms with E-state index >= 15 is 0 Å². The summed E-state index contributed by atoms with van der Waals surface area (Å²) in [5.74, 6) is 2.67. The summed E-state index contributed by atoms with van der Waals surface area (Å²) in [5, 5.41) is 2.89. The van der Waals surface area contributed by atoms with Crippen LogP contribution < -0.4 is 5.32 Å². The predicted octanol–water partition coefficient (Wildman–Crippen LogP) is 3.32. The molecular formula is C12H14BrNOS. The summed E-state index contributed by atoms with van der Waals surface area (Å²) in [5.41, 5.74) is 0. The number of terminal acetylenes is 1. The van der Waals surface area contributed by atoms with Gasteiger partial charge >= 0.3 is 0 Å². The average Bonchev–Trinajstić information content (AvgIpc) is 2.68. The number of hydrogen-bond donors (Lipinski definition) is 1. The lowest BCUT2D eigenvalue weighted by Crippen LogP contribution is -2.21. The zero-order valence-corrected chi connectivity index (χ0v) is 11.4. The van der Waals surface area contributed by atoms with Crippen LogP contribution in [0.5, 0.6) is 0 Å². The van der Waals surface area contributed by atoms with Crippen LogP contribution in [0.1, 0.15) is 30.6 Å². The number of carbonyl (C=O) groups excluding carboxylic acids is 1. The summed E-state index contributed by atoms with van der Waals surface area (Å²) < 4.78 is 1.09. The highest BCUT2D eigenvalue weighted by atomic mass is 79.9. The van der Waals surface area contributed by atoms with Gasteiger partial charge in [0.1, 0.15) is 0 Å². The van der Waals surface area contributed by atoms with Crippen LogP contribution in [0, 0.1) is 12.3 Å². The van der Waals surface area contributed by atoms with Crippen LogP contribution in [0.3, 0.4) is 0 Å². The van der Waals surface area contributed by atoms with Gasteiger partial charge in [-0.05, 0) is 40.9 Å². The lowest BCUT2D eigenvalue weighted by molar-refractivity contribution is -0.121. The van der Waals surface area contributed by atoms with E-state index in [9.17, 15) is 4.79 Å². The van der Waals surface area contributed by atoms with Gasteiger partial charge < -0.3 is 5.32 Å². The number of nitrogens with one attached hydrogen (secondary N) is 1. The maximum atomic E-state index is 11.4. The third kappa shape index (κ3) is 5.34. The first-order valence-electron chi connectivity index (χ1n) is 5.16. The van der Waals surface area contributed by atoms with Crippen molar-refractivity contribution in [3.05, 3.63) is 20.8 Å². The van der Waals surface area contributed by atoms with E-state index in [0.29, 0.717) is 13.0 Å². The van der Waals surface area contributed by atoms with E-state index in [1.807, 2.05) is 12.1 Å². The zero-order valence-electron chi connectivity index (χ0n) is 8.96. The topological polar surface area (TPSA) is 29.1 Å². The van der Waals surface area contributed by atoms with Crippen LogP contribution >= 0.6 is 27.3 Å². The van der Waals surface area contributed by atoms with Crippen LogP contribution in [-0.2, 0) is 11.3 Å². The number of amides is 1. The molecule has 0 radical (unpaired) electrons. The molecule has 1 amide bonds. The van der Waals surface area contributed by atoms with Crippen LogP contribution in [-0.4, -0.2) is 5.91 Å². The molecule has 0 saturated carbocycles. The smallest absolute Gasteiger partial charge is 0.220 e. The Bertz CT molecular complexity index is 381. The molecule has 1 N–H and O–H groups in total. The van der Waals surface area contributed by atoms with Gasteiger partial charge in [0.25, 0.3) is 0 Å². The molecule has 0 aliphatic rings. The second kappa shape index (κ2) is 7.48. The number of unbranched alkanes of at least 4 members (excludes halogenated alkanes) is 2. The van der Waals surface area contributed by atoms with Crippen molar-refractivity contribution >= 4 is 33.2 Å². The molecule has 86 valence electrons. The van der Waals surface area contributed by atoms with Gasteiger partial charge in [0, 0.05) is 17.7 Å². The molecule has 0 atom stereocenters. The molecule has 0 aromatic carbocycles. The highest BCUT2D eigenvalue weighted by molar-refractivity contribution is 9.11. The van der Waals surface area contributed by atoms with Gasteiger partial charge in [-0.2, -0.15) is 0 Å². The molecule has 0 aliphatic heterocycles. The minimum atomic E-state index is 0.0987. The van der Waals surface area contributed by atoms with Crippen molar-refractivity contribution in [2.75, 3.05) is 0 Å². The highest BCUT2D eigenvalue weighted by Gasteiger charge is 2.02. The molecule has 0 aliphatic carbocycles. The largest absolute Gasteiger partial charge is 0.351 e. The Morgan fingerprint density at radius 1 is 1.50 bits per heavy atom. The fourth-order valence-corrected chi connectivity index (χ4v) is 2.66. The molecule has 0 bridgehead atoms. The molecule has 0 saturated heterocycles. The van der Waals surface area contributed by atoms with Crippen LogP contribution in [0.2, 0.25) is 0 Å². The van der Waals surface area contributed by atoms with Crippen LogP contribution in [0.25, 0.3) is 0 Å². The van der Waals surface area contributed by atoms with Crippen LogP contribution in [0.4, 0.5) is 0 Å². The van der Waals surface area contributed by atoms with Gasteiger partial charge in [-0.25, -0.2) is 0 Å². The van der Waals surface area contributed by atoms with Gasteiger partial charge in [0.15, 0.2) is 0 Å². The molecule has 0 unspecified atom stereocenters. The van der Waals surface area contributed by atoms with Gasteiger partial charge in [0.2, 0.25) is 5.91 Å². The van der Waals surface area contributed by atoms with E-state index in [4.69, 9.17) is 6.42 Å². The lowest BCUT2D eigenvalue weighted by Gasteiger charge is -2.02. The molecule has 4 heteroatoms. The van der Waals surface area contributed by atoms with Gasteiger partial charge in [-0.1, -0.05) is 0 Å². The average molecular weight is 300 g/mol. The third-order valence-electron chi connectivity index (χ3n) is 2.06. The van der Waals surface area contributed by atoms with Crippen molar-refractivity contribution in [2.45, 2.75) is 32.2 Å². The number of halogens is 1. The Balaban J connectivity index is 2.13. The van der Waals surface area contributed by atoms with Gasteiger partial charge in [-0.15, -0.1) is 23.7 Å². The normalized spacial score (nSPS) is 9.75. The van der Waals surface area contributed by atoms with Crippen molar-refractivity contribution in [3.8, 4) is 12.3 Å². The number of hydrogen-bond acceptors (Lipinski definition) is 2. The summed E-state index contributed by atoms with van der Waals surface area (Å²) >= 11 is 5.02. The fraction of sp³-hybridized carbons (Fsp3) is 0.417. The second-order valence-corrected chi connectivity index (χ2v) is 5.94. The summed E-state index contributed by atoms with van der Waals surface area (Å²) in [6.07, 6.45) is 8.24. The Hall–Kier alpha value is -0.790. The molecule has 1 aromatic heterocycles. The Morgan fingerprint density at radius 3 is 2.94 bits per heavy atom. The molecule has 2 nitrogen and oxygen atoms in total. The lowest BCUT2D eigenvalue weighted by atomic mass is 10.2. The van der Waals surface area contributed by atoms with Gasteiger partial charge in [0.05, 0.1) is 10.3 Å². The van der Waals surface area contributed by atoms with E-state index in [-0.39, 0.29) is 5.91 Å². The van der Waals surface area contributed by atoms with Crippen molar-refractivity contribution < 1.29 is 4.79 Å². The van der Waals surface area contributed by atoms with E-state index < -0.39 is 0 Å². The number of carbonyl (C=O) groups is 1. The Labute approximate surface area is 109 Å². The molecule has 0 fully saturated rings. The Kier molecular flexibility index (Phi) is 6.20. The second-order valence-electron chi connectivity index (χ2n) is 3.39. The number of thiophene rings is 1. The summed E-state index contributed by atoms with van der Waals surface area (Å²) in [4.78, 5) is 12.6. The van der Waals surface area contributed by atoms with Crippen molar-refractivity contribution in [2.24, 2.45) is 0 Å². The first kappa shape index (κ1) is 13.3. The molecule has 1 aromatic rings. The van der Waals surface area contributed by atoms with E-state index in [2.05, 4.69) is 27.2 Å². The maximum Gasteiger partial charge on any atom is 0.220 e. The highest BCUT2D eigenvalue weighted by Crippen LogP contribution is 2.21. The fourth-order valence-electron chi connectivity index (χ4n) is 1.23. The monoisotopic (exact) mass is 299 g/mol. The summed E-state index contributed by atoms with van der Waals surface area (Å²) in [6, 6.07) is 3.99. The first-order valence-corrected chi connectivity index (χ1v) is 6.77. The van der Waals surface area contributed by atoms with Crippen molar-refractivity contribution in [1.29, 1.82) is 0 Å². The van der Waals surface area contributed by atoms with E-state index in [1.165, 1.54) is 0 Å². The Morgan fingerprint density at radius 2 is 2.31 bits per heavy atom. The van der Waals surface area contributed by atoms with Crippen molar-refractivity contribution in [1.82, 2.24) is 5.32 Å². The maximum absolute atomic E-state index is 11.4. The van der Waals surface area contributed by atoms with Gasteiger partial charge in [-0.3, -0.25) is 4.79 Å². The summed E-state index contributed by atoms with van der Waals surface area (Å²) in [6.45, 7) is 0.615. The zero-order chi connectivity index (χ0) is 11.8. The molecular weight excluding hydrogens is 286 g/mol. The van der Waals surface area contributed by atoms with Crippen molar-refractivity contribution in [3.63, 3.8) is 0 Å². The van der Waals surface area contributed by atoms with E-state index in [1.54, 1.807) is 11.3 Å². The molecule has 16 heavy (non-hydrogen) atoms. The molecule has 0 spiro atoms. The molecule has 1 heterocycles. The van der Waals surface area contributed by atoms with E-state index in [0.717, 1.165) is 27.9 Å². The summed E-state index contributed by atoms with van der Waals surface area (Å²) in [7, 11) is 0. The predicted molar refractivity (Wildman–Crippen MR) is 71.2 cm³/mol. The SMILES string of the molecule is C#CCCCCC(=O)NCc1ccc(Br)s1. The molecule has 1 rings (SSSR count). The minimum absolute atomic E-state index is 0.0987. The quantitative estimate of drug-likeness (QED) is 0.634. The standard InChI is InChI=1S/C12H14BrNOS/c1-2-3-4-5-6-12(15)14-9-10-7-8-11(13)16-10/h1,7-8H,3-6,9H2,(H,14,15). The van der Waals surface area contributed by atoms with Crippen LogP contribution in [0.15, 0.2) is 15.9 Å².